The molecule has 4 nitrogen and oxygen atoms in total. The van der Waals surface area contributed by atoms with E-state index >= 15 is 0 Å². The quantitative estimate of drug-likeness (QED) is 0.201. The first-order valence-electron chi connectivity index (χ1n) is 9.28. The minimum absolute atomic E-state index is 0.0235. The molecule has 26 heavy (non-hydrogen) atoms. The zero-order chi connectivity index (χ0) is 19.7. The van der Waals surface area contributed by atoms with Gasteiger partial charge in [0.15, 0.2) is 0 Å². The number of unbranched alkanes of at least 4 members (excludes halogenated alkanes) is 2. The molecule has 0 aromatic heterocycles. The largest absolute Gasteiger partial charge is 0.726 e. The predicted molar refractivity (Wildman–Crippen MR) is 116 cm³/mol. The van der Waals surface area contributed by atoms with Crippen molar-refractivity contribution in [3.8, 4) is 0 Å². The van der Waals surface area contributed by atoms with E-state index < -0.39 is 10.4 Å². The van der Waals surface area contributed by atoms with Crippen molar-refractivity contribution in [2.24, 2.45) is 0 Å². The number of rotatable bonds is 13. The highest BCUT2D eigenvalue weighted by molar-refractivity contribution is 7.99. The van der Waals surface area contributed by atoms with Crippen molar-refractivity contribution >= 4 is 33.1 Å². The number of hydrogen-bond acceptors (Lipinski definition) is 5. The van der Waals surface area contributed by atoms with Gasteiger partial charge in [0.25, 0.3) is 0 Å². The van der Waals surface area contributed by atoms with Gasteiger partial charge in [-0.3, -0.25) is 4.18 Å². The zero-order valence-corrected chi connectivity index (χ0v) is 18.8. The highest BCUT2D eigenvalue weighted by Crippen LogP contribution is 2.13. The Labute approximate surface area is 167 Å². The molecule has 152 valence electrons. The number of hydrogen-bond donors (Lipinski definition) is 0. The molecule has 0 spiro atoms. The van der Waals surface area contributed by atoms with Crippen LogP contribution in [-0.2, 0) is 31.2 Å². The van der Waals surface area contributed by atoms with Gasteiger partial charge in [0.1, 0.15) is 17.3 Å². The smallest absolute Gasteiger partial charge is 0.217 e. The normalized spacial score (nSPS) is 11.3. The van der Waals surface area contributed by atoms with Crippen molar-refractivity contribution in [1.29, 1.82) is 0 Å². The molecular formula is C19H34O4S3. The topological polar surface area (TPSA) is 66.4 Å². The maximum absolute atomic E-state index is 9.81. The summed E-state index contributed by atoms with van der Waals surface area (Å²) in [6.07, 6.45) is 5.48. The lowest BCUT2D eigenvalue weighted by atomic mass is 10.2. The Hall–Kier alpha value is -0.210. The first-order valence-corrected chi connectivity index (χ1v) is 13.5. The van der Waals surface area contributed by atoms with Crippen molar-refractivity contribution in [2.75, 3.05) is 29.6 Å². The summed E-state index contributed by atoms with van der Waals surface area (Å²) in [5, 5.41) is 0. The van der Waals surface area contributed by atoms with E-state index in [2.05, 4.69) is 48.4 Å². The maximum Gasteiger partial charge on any atom is 0.217 e. The zero-order valence-electron chi connectivity index (χ0n) is 16.3. The Morgan fingerprint density at radius 3 is 2.08 bits per heavy atom. The van der Waals surface area contributed by atoms with E-state index in [0.717, 1.165) is 5.75 Å². The molecule has 1 aromatic carbocycles. The highest BCUT2D eigenvalue weighted by atomic mass is 32.3. The van der Waals surface area contributed by atoms with E-state index in [1.54, 1.807) is 0 Å². The maximum atomic E-state index is 9.81. The molecule has 0 amide bonds. The van der Waals surface area contributed by atoms with Crippen LogP contribution in [0.4, 0.5) is 0 Å². The van der Waals surface area contributed by atoms with Crippen LogP contribution >= 0.6 is 11.8 Å². The molecule has 0 atom stereocenters. The van der Waals surface area contributed by atoms with Crippen LogP contribution in [0.3, 0.4) is 0 Å². The number of benzene rings is 1. The van der Waals surface area contributed by atoms with Gasteiger partial charge in [-0.15, -0.1) is 0 Å². The van der Waals surface area contributed by atoms with E-state index in [0.29, 0.717) is 16.6 Å². The van der Waals surface area contributed by atoms with Gasteiger partial charge in [-0.1, -0.05) is 63.9 Å². The summed E-state index contributed by atoms with van der Waals surface area (Å²) in [5.41, 5.74) is 1.53. The molecule has 0 radical (unpaired) electrons. The van der Waals surface area contributed by atoms with Crippen molar-refractivity contribution in [3.05, 3.63) is 35.9 Å². The Bertz CT molecular complexity index is 513. The molecule has 0 saturated carbocycles. The van der Waals surface area contributed by atoms with Crippen molar-refractivity contribution in [3.63, 3.8) is 0 Å². The van der Waals surface area contributed by atoms with E-state index in [1.807, 2.05) is 6.92 Å². The molecular weight excluding hydrogens is 388 g/mol. The Morgan fingerprint density at radius 1 is 1.04 bits per heavy atom. The summed E-state index contributed by atoms with van der Waals surface area (Å²) in [7, 11) is -3.84. The van der Waals surface area contributed by atoms with Gasteiger partial charge >= 0.3 is 0 Å². The lowest BCUT2D eigenvalue weighted by Crippen LogP contribution is -2.14. The van der Waals surface area contributed by atoms with Crippen molar-refractivity contribution < 1.29 is 17.2 Å². The van der Waals surface area contributed by atoms with Gasteiger partial charge in [-0.25, -0.2) is 8.42 Å². The summed E-state index contributed by atoms with van der Waals surface area (Å²) in [5.74, 6) is 5.61. The van der Waals surface area contributed by atoms with E-state index in [4.69, 9.17) is 0 Å². The fraction of sp³-hybridized carbons (Fsp3) is 0.684. The molecule has 7 heteroatoms. The molecule has 1 aromatic rings. The molecule has 0 fully saturated rings. The van der Waals surface area contributed by atoms with Crippen LogP contribution in [0.15, 0.2) is 30.3 Å². The molecule has 0 aliphatic heterocycles. The van der Waals surface area contributed by atoms with Crippen LogP contribution in [0.1, 0.15) is 52.0 Å². The lowest BCUT2D eigenvalue weighted by molar-refractivity contribution is 0.277. The third kappa shape index (κ3) is 17.2. The van der Waals surface area contributed by atoms with E-state index in [9.17, 15) is 13.0 Å². The Morgan fingerprint density at radius 2 is 1.62 bits per heavy atom. The second-order valence-corrected chi connectivity index (χ2v) is 10.6. The SMILES string of the molecule is CCCC[S+](CCCC)Cc1ccccc1.CCSCCOS(=O)(=O)[O-]. The number of thioether (sulfide) groups is 1. The first kappa shape index (κ1) is 25.8. The first-order chi connectivity index (χ1) is 12.4. The molecule has 0 saturated heterocycles. The lowest BCUT2D eigenvalue weighted by Gasteiger charge is -2.08. The summed E-state index contributed by atoms with van der Waals surface area (Å²) < 4.78 is 33.3. The van der Waals surface area contributed by atoms with Gasteiger partial charge in [0, 0.05) is 11.3 Å². The minimum Gasteiger partial charge on any atom is -0.726 e. The minimum atomic E-state index is -4.47. The van der Waals surface area contributed by atoms with Crippen LogP contribution in [0.2, 0.25) is 0 Å². The molecule has 0 unspecified atom stereocenters. The van der Waals surface area contributed by atoms with Crippen LogP contribution in [0, 0.1) is 0 Å². The second kappa shape index (κ2) is 16.9. The van der Waals surface area contributed by atoms with Gasteiger partial charge in [0.05, 0.1) is 6.61 Å². The highest BCUT2D eigenvalue weighted by Gasteiger charge is 2.16. The summed E-state index contributed by atoms with van der Waals surface area (Å²) in [6, 6.07) is 11.0. The molecule has 0 aliphatic rings. The summed E-state index contributed by atoms with van der Waals surface area (Å²) in [4.78, 5) is 0. The third-order valence-corrected chi connectivity index (χ3v) is 7.24. The summed E-state index contributed by atoms with van der Waals surface area (Å²) in [6.45, 7) is 6.51. The standard InChI is InChI=1S/C15H25S.C4H10O4S2/c1-3-5-12-16(13-6-4-2)14-15-10-8-7-9-11-15;1-2-9-4-3-8-10(5,6)7/h7-11H,3-6,12-14H2,1-2H3;2-4H2,1H3,(H,5,6,7)/q+1;/p-1. The van der Waals surface area contributed by atoms with Crippen LogP contribution < -0.4 is 0 Å². The average molecular weight is 423 g/mol. The predicted octanol–water partition coefficient (Wildman–Crippen LogP) is 4.62. The molecule has 0 N–H and O–H groups in total. The molecule has 0 bridgehead atoms. The summed E-state index contributed by atoms with van der Waals surface area (Å²) >= 11 is 1.52. The van der Waals surface area contributed by atoms with Gasteiger partial charge in [0.2, 0.25) is 10.4 Å². The van der Waals surface area contributed by atoms with Crippen LogP contribution in [0.25, 0.3) is 0 Å². The fourth-order valence-corrected chi connectivity index (χ4v) is 5.53. The average Bonchev–Trinajstić information content (AvgIpc) is 2.62. The molecule has 0 heterocycles. The molecule has 1 rings (SSSR count). The van der Waals surface area contributed by atoms with Gasteiger partial charge in [-0.2, -0.15) is 11.8 Å². The second-order valence-electron chi connectivity index (χ2n) is 5.78. The monoisotopic (exact) mass is 422 g/mol. The Balaban J connectivity index is 0.000000541. The van der Waals surface area contributed by atoms with Gasteiger partial charge in [-0.05, 0) is 29.5 Å². The Kier molecular flexibility index (Phi) is 16.8. The van der Waals surface area contributed by atoms with E-state index in [-0.39, 0.29) is 6.61 Å². The van der Waals surface area contributed by atoms with Crippen LogP contribution in [-0.4, -0.2) is 42.6 Å². The van der Waals surface area contributed by atoms with Crippen molar-refractivity contribution in [1.82, 2.24) is 0 Å². The molecule has 0 aliphatic carbocycles. The van der Waals surface area contributed by atoms with Crippen LogP contribution in [0.5, 0.6) is 0 Å². The third-order valence-electron chi connectivity index (χ3n) is 3.45. The van der Waals surface area contributed by atoms with E-state index in [1.165, 1.54) is 60.3 Å². The van der Waals surface area contributed by atoms with Crippen molar-refractivity contribution in [2.45, 2.75) is 52.2 Å². The van der Waals surface area contributed by atoms with Gasteiger partial charge < -0.3 is 4.55 Å². The fourth-order valence-electron chi connectivity index (χ4n) is 2.09.